The number of hydrogen-bond donors (Lipinski definition) is 1. The van der Waals surface area contributed by atoms with E-state index in [-0.39, 0.29) is 6.04 Å². The van der Waals surface area contributed by atoms with Crippen LogP contribution >= 0.6 is 11.3 Å². The van der Waals surface area contributed by atoms with Gasteiger partial charge in [-0.15, -0.1) is 11.3 Å². The summed E-state index contributed by atoms with van der Waals surface area (Å²) in [5, 5.41) is 4.17. The molecule has 2 heterocycles. The lowest BCUT2D eigenvalue weighted by atomic mass is 10.1. The largest absolute Gasteiger partial charge is 0.363 e. The molecule has 2 aromatic heterocycles. The van der Waals surface area contributed by atoms with E-state index >= 15 is 0 Å². The lowest BCUT2D eigenvalue weighted by molar-refractivity contribution is 0.566. The Morgan fingerprint density at radius 3 is 2.68 bits per heavy atom. The third kappa shape index (κ3) is 2.54. The van der Waals surface area contributed by atoms with E-state index in [4.69, 9.17) is 0 Å². The van der Waals surface area contributed by atoms with E-state index in [1.54, 1.807) is 11.3 Å². The highest BCUT2D eigenvalue weighted by molar-refractivity contribution is 7.18. The number of aromatic nitrogens is 2. The van der Waals surface area contributed by atoms with Crippen LogP contribution < -0.4 is 5.32 Å². The van der Waals surface area contributed by atoms with Crippen molar-refractivity contribution in [3.05, 3.63) is 52.2 Å². The van der Waals surface area contributed by atoms with Gasteiger partial charge in [-0.3, -0.25) is 0 Å². The molecule has 0 amide bonds. The molecule has 0 bridgehead atoms. The van der Waals surface area contributed by atoms with Crippen LogP contribution in [0.1, 0.15) is 29.0 Å². The predicted molar refractivity (Wildman–Crippen MR) is 85.3 cm³/mol. The number of aryl methyl sites for hydroxylation is 2. The minimum atomic E-state index is -0.581. The summed E-state index contributed by atoms with van der Waals surface area (Å²) in [7, 11) is 0. The van der Waals surface area contributed by atoms with Crippen LogP contribution in [0.3, 0.4) is 0 Å². The van der Waals surface area contributed by atoms with Gasteiger partial charge in [-0.1, -0.05) is 6.07 Å². The Balaban J connectivity index is 1.99. The number of hydrogen-bond acceptors (Lipinski definition) is 4. The monoisotopic (exact) mass is 319 g/mol. The molecule has 0 spiro atoms. The van der Waals surface area contributed by atoms with Crippen molar-refractivity contribution < 1.29 is 8.78 Å². The van der Waals surface area contributed by atoms with Crippen LogP contribution in [-0.4, -0.2) is 9.97 Å². The minimum Gasteiger partial charge on any atom is -0.363 e. The number of thiophene rings is 1. The van der Waals surface area contributed by atoms with Crippen molar-refractivity contribution in [3.8, 4) is 0 Å². The predicted octanol–water partition coefficient (Wildman–Crippen LogP) is 4.76. The van der Waals surface area contributed by atoms with Gasteiger partial charge >= 0.3 is 0 Å². The average Bonchev–Trinajstić information content (AvgIpc) is 2.75. The zero-order chi connectivity index (χ0) is 15.9. The van der Waals surface area contributed by atoms with Crippen LogP contribution in [-0.2, 0) is 0 Å². The van der Waals surface area contributed by atoms with Gasteiger partial charge in [0.2, 0.25) is 0 Å². The Hall–Kier alpha value is -2.08. The Labute approximate surface area is 131 Å². The second-order valence-electron chi connectivity index (χ2n) is 5.22. The quantitative estimate of drug-likeness (QED) is 0.756. The van der Waals surface area contributed by atoms with E-state index in [1.807, 2.05) is 20.8 Å². The minimum absolute atomic E-state index is 0.335. The fourth-order valence-corrected chi connectivity index (χ4v) is 3.42. The molecule has 0 radical (unpaired) electrons. The zero-order valence-electron chi connectivity index (χ0n) is 12.4. The van der Waals surface area contributed by atoms with Crippen molar-refractivity contribution in [2.45, 2.75) is 26.8 Å². The molecule has 0 unspecified atom stereocenters. The number of nitrogens with zero attached hydrogens (tertiary/aromatic N) is 2. The van der Waals surface area contributed by atoms with Gasteiger partial charge in [-0.25, -0.2) is 18.7 Å². The fourth-order valence-electron chi connectivity index (χ4n) is 2.43. The van der Waals surface area contributed by atoms with E-state index < -0.39 is 11.6 Å². The van der Waals surface area contributed by atoms with E-state index in [0.717, 1.165) is 21.8 Å². The Bertz CT molecular complexity index is 845. The van der Waals surface area contributed by atoms with Gasteiger partial charge in [0, 0.05) is 16.5 Å². The molecule has 22 heavy (non-hydrogen) atoms. The van der Waals surface area contributed by atoms with E-state index in [0.29, 0.717) is 11.4 Å². The normalized spacial score (nSPS) is 12.6. The molecule has 1 N–H and O–H groups in total. The summed E-state index contributed by atoms with van der Waals surface area (Å²) in [5.41, 5.74) is 1.52. The lowest BCUT2D eigenvalue weighted by Gasteiger charge is -2.16. The van der Waals surface area contributed by atoms with E-state index in [2.05, 4.69) is 15.3 Å². The van der Waals surface area contributed by atoms with Crippen molar-refractivity contribution in [3.63, 3.8) is 0 Å². The number of nitrogens with one attached hydrogen (secondary N) is 1. The van der Waals surface area contributed by atoms with E-state index in [1.165, 1.54) is 23.3 Å². The van der Waals surface area contributed by atoms with Crippen LogP contribution in [0, 0.1) is 25.5 Å². The highest BCUT2D eigenvalue weighted by Gasteiger charge is 2.16. The number of benzene rings is 1. The van der Waals surface area contributed by atoms with Gasteiger partial charge in [0.15, 0.2) is 0 Å². The first-order valence-corrected chi connectivity index (χ1v) is 7.71. The fraction of sp³-hybridized carbons (Fsp3) is 0.250. The Morgan fingerprint density at radius 1 is 1.18 bits per heavy atom. The van der Waals surface area contributed by atoms with Crippen molar-refractivity contribution >= 4 is 27.4 Å². The van der Waals surface area contributed by atoms with Crippen molar-refractivity contribution in [1.29, 1.82) is 0 Å². The SMILES string of the molecule is Cc1sc2ncnc(N[C@H](C)c3ccc(F)cc3F)c2c1C. The summed E-state index contributed by atoms with van der Waals surface area (Å²) < 4.78 is 26.9. The molecule has 0 saturated carbocycles. The van der Waals surface area contributed by atoms with Crippen molar-refractivity contribution in [2.24, 2.45) is 0 Å². The maximum atomic E-state index is 13.9. The second kappa shape index (κ2) is 5.61. The number of halogens is 2. The van der Waals surface area contributed by atoms with Crippen LogP contribution in [0.5, 0.6) is 0 Å². The standard InChI is InChI=1S/C16H15F2N3S/c1-8-10(3)22-16-14(8)15(19-7-20-16)21-9(2)12-5-4-11(17)6-13(12)18/h4-7,9H,1-3H3,(H,19,20,21)/t9-/m1/s1. The zero-order valence-corrected chi connectivity index (χ0v) is 13.3. The molecule has 3 rings (SSSR count). The van der Waals surface area contributed by atoms with Crippen molar-refractivity contribution in [2.75, 3.05) is 5.32 Å². The average molecular weight is 319 g/mol. The first kappa shape index (κ1) is 14.8. The molecule has 1 aromatic carbocycles. The molecule has 1 atom stereocenters. The summed E-state index contributed by atoms with van der Waals surface area (Å²) >= 11 is 1.61. The molecule has 0 aliphatic carbocycles. The molecule has 3 aromatic rings. The molecule has 0 fully saturated rings. The Morgan fingerprint density at radius 2 is 1.95 bits per heavy atom. The number of fused-ring (bicyclic) bond motifs is 1. The summed E-state index contributed by atoms with van der Waals surface area (Å²) in [6.45, 7) is 5.87. The summed E-state index contributed by atoms with van der Waals surface area (Å²) in [6.07, 6.45) is 1.49. The molecule has 6 heteroatoms. The summed E-state index contributed by atoms with van der Waals surface area (Å²) in [6, 6.07) is 3.26. The highest BCUT2D eigenvalue weighted by atomic mass is 32.1. The molecular formula is C16H15F2N3S. The van der Waals surface area contributed by atoms with Crippen LogP contribution in [0.15, 0.2) is 24.5 Å². The third-order valence-corrected chi connectivity index (χ3v) is 4.86. The Kier molecular flexibility index (Phi) is 3.78. The first-order valence-electron chi connectivity index (χ1n) is 6.89. The van der Waals surface area contributed by atoms with Gasteiger partial charge in [0.05, 0.1) is 11.4 Å². The molecular weight excluding hydrogens is 304 g/mol. The molecule has 3 nitrogen and oxygen atoms in total. The van der Waals surface area contributed by atoms with Crippen LogP contribution in [0.2, 0.25) is 0 Å². The maximum Gasteiger partial charge on any atom is 0.138 e. The van der Waals surface area contributed by atoms with Gasteiger partial charge in [0.25, 0.3) is 0 Å². The summed E-state index contributed by atoms with van der Waals surface area (Å²) in [5.74, 6) is -0.478. The van der Waals surface area contributed by atoms with Gasteiger partial charge < -0.3 is 5.32 Å². The molecule has 0 aliphatic rings. The highest BCUT2D eigenvalue weighted by Crippen LogP contribution is 2.34. The maximum absolute atomic E-state index is 13.9. The number of anilines is 1. The lowest BCUT2D eigenvalue weighted by Crippen LogP contribution is -2.10. The van der Waals surface area contributed by atoms with Crippen LogP contribution in [0.25, 0.3) is 10.2 Å². The molecule has 0 saturated heterocycles. The van der Waals surface area contributed by atoms with E-state index in [9.17, 15) is 8.78 Å². The van der Waals surface area contributed by atoms with Gasteiger partial charge in [0.1, 0.15) is 28.6 Å². The van der Waals surface area contributed by atoms with Gasteiger partial charge in [-0.2, -0.15) is 0 Å². The third-order valence-electron chi connectivity index (χ3n) is 3.75. The first-order chi connectivity index (χ1) is 10.5. The smallest absolute Gasteiger partial charge is 0.138 e. The topological polar surface area (TPSA) is 37.8 Å². The van der Waals surface area contributed by atoms with Crippen LogP contribution in [0.4, 0.5) is 14.6 Å². The number of rotatable bonds is 3. The second-order valence-corrected chi connectivity index (χ2v) is 6.42. The molecule has 114 valence electrons. The van der Waals surface area contributed by atoms with Gasteiger partial charge in [-0.05, 0) is 32.4 Å². The van der Waals surface area contributed by atoms with Crippen molar-refractivity contribution in [1.82, 2.24) is 9.97 Å². The summed E-state index contributed by atoms with van der Waals surface area (Å²) in [4.78, 5) is 10.6. The molecule has 0 aliphatic heterocycles.